The molecule has 2 amide bonds. The molecule has 0 aliphatic rings. The summed E-state index contributed by atoms with van der Waals surface area (Å²) < 4.78 is 5.16. The van der Waals surface area contributed by atoms with Crippen LogP contribution in [0.25, 0.3) is 0 Å². The van der Waals surface area contributed by atoms with Crippen LogP contribution < -0.4 is 10.1 Å². The van der Waals surface area contributed by atoms with E-state index in [9.17, 15) is 9.59 Å². The Morgan fingerprint density at radius 3 is 2.42 bits per heavy atom. The van der Waals surface area contributed by atoms with Crippen LogP contribution in [0.3, 0.4) is 0 Å². The Morgan fingerprint density at radius 2 is 1.85 bits per heavy atom. The highest BCUT2D eigenvalue weighted by Crippen LogP contribution is 2.17. The minimum absolute atomic E-state index is 0.140. The fraction of sp³-hybridized carbons (Fsp3) is 0.300. The molecule has 0 bridgehead atoms. The molecule has 2 rings (SSSR count). The van der Waals surface area contributed by atoms with Crippen molar-refractivity contribution in [2.75, 3.05) is 14.2 Å². The second-order valence-corrected chi connectivity index (χ2v) is 6.40. The summed E-state index contributed by atoms with van der Waals surface area (Å²) in [6, 6.07) is 14.0. The van der Waals surface area contributed by atoms with Crippen molar-refractivity contribution < 1.29 is 14.3 Å². The Morgan fingerprint density at radius 1 is 1.15 bits per heavy atom. The third kappa shape index (κ3) is 5.23. The van der Waals surface area contributed by atoms with E-state index >= 15 is 0 Å². The zero-order chi connectivity index (χ0) is 19.1. The number of carbonyl (C=O) groups is 2. The monoisotopic (exact) mass is 374 g/mol. The maximum absolute atomic E-state index is 12.9. The molecule has 0 aliphatic heterocycles. The van der Waals surface area contributed by atoms with Gasteiger partial charge in [-0.25, -0.2) is 0 Å². The van der Waals surface area contributed by atoms with Gasteiger partial charge in [-0.3, -0.25) is 9.59 Å². The first kappa shape index (κ1) is 19.8. The summed E-state index contributed by atoms with van der Waals surface area (Å²) in [7, 11) is 3.16. The zero-order valence-electron chi connectivity index (χ0n) is 15.2. The average Bonchev–Trinajstić information content (AvgIpc) is 2.65. The molecule has 0 saturated carbocycles. The largest absolute Gasteiger partial charge is 0.497 e. The summed E-state index contributed by atoms with van der Waals surface area (Å²) in [4.78, 5) is 26.6. The van der Waals surface area contributed by atoms with Gasteiger partial charge in [0.25, 0.3) is 0 Å². The Balaban J connectivity index is 2.21. The average molecular weight is 375 g/mol. The second-order valence-electron chi connectivity index (χ2n) is 5.97. The number of hydrogen-bond acceptors (Lipinski definition) is 3. The number of likely N-dealkylation sites (N-methyl/N-ethyl adjacent to an activating group) is 1. The molecule has 0 radical (unpaired) electrons. The number of halogens is 1. The van der Waals surface area contributed by atoms with E-state index in [-0.39, 0.29) is 18.2 Å². The molecule has 1 unspecified atom stereocenters. The lowest BCUT2D eigenvalue weighted by molar-refractivity contribution is -0.139. The van der Waals surface area contributed by atoms with Gasteiger partial charge in [0.2, 0.25) is 11.8 Å². The van der Waals surface area contributed by atoms with E-state index in [1.807, 2.05) is 30.3 Å². The smallest absolute Gasteiger partial charge is 0.242 e. The third-order valence-corrected chi connectivity index (χ3v) is 4.41. The van der Waals surface area contributed by atoms with Gasteiger partial charge in [-0.05, 0) is 42.3 Å². The van der Waals surface area contributed by atoms with Crippen molar-refractivity contribution >= 4 is 23.4 Å². The van der Waals surface area contributed by atoms with E-state index in [1.54, 1.807) is 44.2 Å². The number of methoxy groups -OCH3 is 1. The molecule has 0 spiro atoms. The Kier molecular flexibility index (Phi) is 7.04. The van der Waals surface area contributed by atoms with Crippen LogP contribution >= 0.6 is 11.6 Å². The summed E-state index contributed by atoms with van der Waals surface area (Å²) >= 11 is 6.00. The summed E-state index contributed by atoms with van der Waals surface area (Å²) in [6.45, 7) is 2.05. The molecule has 2 aromatic carbocycles. The molecule has 6 heteroatoms. The van der Waals surface area contributed by atoms with Crippen LogP contribution in [-0.4, -0.2) is 36.9 Å². The number of amides is 2. The maximum Gasteiger partial charge on any atom is 0.242 e. The fourth-order valence-electron chi connectivity index (χ4n) is 2.64. The lowest BCUT2D eigenvalue weighted by Gasteiger charge is -2.28. The van der Waals surface area contributed by atoms with E-state index in [0.717, 1.165) is 16.9 Å². The molecule has 1 N–H and O–H groups in total. The lowest BCUT2D eigenvalue weighted by atomic mass is 10.1. The quantitative estimate of drug-likeness (QED) is 0.810. The van der Waals surface area contributed by atoms with Crippen molar-refractivity contribution in [1.82, 2.24) is 10.2 Å². The van der Waals surface area contributed by atoms with Gasteiger partial charge in [0.1, 0.15) is 11.8 Å². The Bertz CT molecular complexity index is 762. The highest BCUT2D eigenvalue weighted by molar-refractivity contribution is 6.30. The number of hydrogen-bond donors (Lipinski definition) is 1. The molecule has 0 aromatic heterocycles. The van der Waals surface area contributed by atoms with Crippen LogP contribution in [0, 0.1) is 0 Å². The summed E-state index contributed by atoms with van der Waals surface area (Å²) in [5.74, 6) is 0.391. The lowest BCUT2D eigenvalue weighted by Crippen LogP contribution is -2.47. The van der Waals surface area contributed by atoms with Crippen molar-refractivity contribution in [1.29, 1.82) is 0 Å². The van der Waals surface area contributed by atoms with Gasteiger partial charge < -0.3 is 15.0 Å². The van der Waals surface area contributed by atoms with Crippen LogP contribution in [0.15, 0.2) is 48.5 Å². The molecule has 2 aromatic rings. The first-order valence-corrected chi connectivity index (χ1v) is 8.71. The minimum atomic E-state index is -0.589. The van der Waals surface area contributed by atoms with E-state index in [2.05, 4.69) is 5.32 Å². The second kappa shape index (κ2) is 9.25. The molecule has 0 saturated heterocycles. The van der Waals surface area contributed by atoms with E-state index in [0.29, 0.717) is 11.6 Å². The topological polar surface area (TPSA) is 58.6 Å². The fourth-order valence-corrected chi connectivity index (χ4v) is 2.86. The van der Waals surface area contributed by atoms with Crippen molar-refractivity contribution in [2.24, 2.45) is 0 Å². The SMILES string of the molecule is CNC(=O)C(C)N(Cc1ccc(OC)cc1)C(=O)Cc1cccc(Cl)c1. The van der Waals surface area contributed by atoms with Crippen LogP contribution in [0.5, 0.6) is 5.75 Å². The van der Waals surface area contributed by atoms with Gasteiger partial charge in [-0.15, -0.1) is 0 Å². The van der Waals surface area contributed by atoms with Crippen LogP contribution in [0.1, 0.15) is 18.1 Å². The highest BCUT2D eigenvalue weighted by Gasteiger charge is 2.25. The van der Waals surface area contributed by atoms with Crippen molar-refractivity contribution in [3.8, 4) is 5.75 Å². The van der Waals surface area contributed by atoms with Gasteiger partial charge in [0.05, 0.1) is 13.5 Å². The number of nitrogens with zero attached hydrogens (tertiary/aromatic N) is 1. The van der Waals surface area contributed by atoms with E-state index in [1.165, 1.54) is 0 Å². The van der Waals surface area contributed by atoms with Gasteiger partial charge in [-0.1, -0.05) is 35.9 Å². The third-order valence-electron chi connectivity index (χ3n) is 4.17. The molecule has 26 heavy (non-hydrogen) atoms. The van der Waals surface area contributed by atoms with Gasteiger partial charge >= 0.3 is 0 Å². The molecule has 0 fully saturated rings. The maximum atomic E-state index is 12.9. The van der Waals surface area contributed by atoms with Crippen molar-refractivity contribution in [2.45, 2.75) is 25.9 Å². The number of carbonyl (C=O) groups excluding carboxylic acids is 2. The number of nitrogens with one attached hydrogen (secondary N) is 1. The first-order valence-electron chi connectivity index (χ1n) is 8.33. The summed E-state index contributed by atoms with van der Waals surface area (Å²) in [5.41, 5.74) is 1.73. The van der Waals surface area contributed by atoms with Crippen LogP contribution in [0.2, 0.25) is 5.02 Å². The molecule has 1 atom stereocenters. The number of rotatable bonds is 7. The minimum Gasteiger partial charge on any atom is -0.497 e. The molecular weight excluding hydrogens is 352 g/mol. The number of ether oxygens (including phenoxy) is 1. The molecular formula is C20H23ClN2O3. The molecule has 138 valence electrons. The zero-order valence-corrected chi connectivity index (χ0v) is 15.9. The standard InChI is InChI=1S/C20H23ClN2O3/c1-14(20(25)22-2)23(13-15-7-9-18(26-3)10-8-15)19(24)12-16-5-4-6-17(21)11-16/h4-11,14H,12-13H2,1-3H3,(H,22,25). The van der Waals surface area contributed by atoms with E-state index in [4.69, 9.17) is 16.3 Å². The van der Waals surface area contributed by atoms with Gasteiger partial charge in [-0.2, -0.15) is 0 Å². The van der Waals surface area contributed by atoms with Gasteiger partial charge in [0, 0.05) is 18.6 Å². The molecule has 0 heterocycles. The van der Waals surface area contributed by atoms with Gasteiger partial charge in [0.15, 0.2) is 0 Å². The highest BCUT2D eigenvalue weighted by atomic mass is 35.5. The predicted octanol–water partition coefficient (Wildman–Crippen LogP) is 3.05. The summed E-state index contributed by atoms with van der Waals surface area (Å²) in [6.07, 6.45) is 0.179. The first-order chi connectivity index (χ1) is 12.4. The predicted molar refractivity (Wildman–Crippen MR) is 102 cm³/mol. The van der Waals surface area contributed by atoms with Crippen LogP contribution in [-0.2, 0) is 22.6 Å². The van der Waals surface area contributed by atoms with E-state index < -0.39 is 6.04 Å². The normalized spacial score (nSPS) is 11.5. The van der Waals surface area contributed by atoms with Crippen molar-refractivity contribution in [3.05, 3.63) is 64.7 Å². The Labute approximate surface area is 158 Å². The van der Waals surface area contributed by atoms with Crippen molar-refractivity contribution in [3.63, 3.8) is 0 Å². The van der Waals surface area contributed by atoms with Crippen LogP contribution in [0.4, 0.5) is 0 Å². The molecule has 0 aliphatic carbocycles. The number of benzene rings is 2. The summed E-state index contributed by atoms with van der Waals surface area (Å²) in [5, 5.41) is 3.18. The Hall–Kier alpha value is -2.53. The molecule has 5 nitrogen and oxygen atoms in total.